The number of halogens is 1. The van der Waals surface area contributed by atoms with Crippen molar-refractivity contribution in [1.29, 1.82) is 0 Å². The molecule has 5 nitrogen and oxygen atoms in total. The highest BCUT2D eigenvalue weighted by Gasteiger charge is 2.50. The van der Waals surface area contributed by atoms with E-state index in [1.807, 2.05) is 0 Å². The predicted molar refractivity (Wildman–Crippen MR) is 93.0 cm³/mol. The fraction of sp³-hybridized carbons (Fsp3) is 0.444. The van der Waals surface area contributed by atoms with Crippen molar-refractivity contribution < 1.29 is 14.3 Å². The third kappa shape index (κ3) is 3.06. The molecule has 2 aliphatic heterocycles. The number of anilines is 1. The second-order valence-electron chi connectivity index (χ2n) is 6.28. The van der Waals surface area contributed by atoms with Gasteiger partial charge in [-0.05, 0) is 31.7 Å². The third-order valence-electron chi connectivity index (χ3n) is 4.85. The molecule has 0 atom stereocenters. The molecule has 3 rings (SSSR count). The van der Waals surface area contributed by atoms with Crippen molar-refractivity contribution in [3.8, 4) is 0 Å². The lowest BCUT2D eigenvalue weighted by Gasteiger charge is -2.38. The van der Waals surface area contributed by atoms with Crippen LogP contribution < -0.4 is 5.32 Å². The van der Waals surface area contributed by atoms with Gasteiger partial charge in [-0.3, -0.25) is 4.79 Å². The Kier molecular flexibility index (Phi) is 4.65. The molecule has 1 amide bonds. The van der Waals surface area contributed by atoms with Crippen LogP contribution in [0.3, 0.4) is 0 Å². The van der Waals surface area contributed by atoms with Crippen LogP contribution in [0.25, 0.3) is 0 Å². The van der Waals surface area contributed by atoms with Gasteiger partial charge in [-0.15, -0.1) is 0 Å². The maximum absolute atomic E-state index is 12.8. The molecule has 0 unspecified atom stereocenters. The molecule has 1 fully saturated rings. The molecular formula is C18H21ClN2O3. The van der Waals surface area contributed by atoms with Crippen LogP contribution in [0.4, 0.5) is 5.69 Å². The Bertz CT molecular complexity index is 706. The summed E-state index contributed by atoms with van der Waals surface area (Å²) in [6.45, 7) is 6.34. The van der Waals surface area contributed by atoms with Gasteiger partial charge in [-0.2, -0.15) is 0 Å². The zero-order valence-electron chi connectivity index (χ0n) is 13.9. The minimum atomic E-state index is -0.796. The summed E-state index contributed by atoms with van der Waals surface area (Å²) in [5, 5.41) is 3.39. The second kappa shape index (κ2) is 6.57. The molecule has 0 bridgehead atoms. The van der Waals surface area contributed by atoms with Gasteiger partial charge in [0.15, 0.2) is 0 Å². The Hall–Kier alpha value is -1.85. The first-order chi connectivity index (χ1) is 11.4. The monoisotopic (exact) mass is 348 g/mol. The number of benzene rings is 1. The topological polar surface area (TPSA) is 58.6 Å². The smallest absolute Gasteiger partial charge is 0.335 e. The summed E-state index contributed by atoms with van der Waals surface area (Å²) in [7, 11) is 0. The first-order valence-electron chi connectivity index (χ1n) is 8.19. The molecule has 1 N–H and O–H groups in total. The van der Waals surface area contributed by atoms with Gasteiger partial charge >= 0.3 is 5.97 Å². The fourth-order valence-electron chi connectivity index (χ4n) is 3.47. The third-order valence-corrected chi connectivity index (χ3v) is 5.08. The SMILES string of the molecule is CCN1CCC2(CC1)OC(=O)C(C)=C2C(=O)Nc1cccc(Cl)c1. The normalized spacial score (nSPS) is 20.4. The Morgan fingerprint density at radius 1 is 1.38 bits per heavy atom. The number of esters is 1. The lowest BCUT2D eigenvalue weighted by atomic mass is 9.82. The lowest BCUT2D eigenvalue weighted by Crippen LogP contribution is -2.47. The van der Waals surface area contributed by atoms with Crippen molar-refractivity contribution in [2.45, 2.75) is 32.3 Å². The second-order valence-corrected chi connectivity index (χ2v) is 6.72. The van der Waals surface area contributed by atoms with E-state index in [2.05, 4.69) is 17.1 Å². The van der Waals surface area contributed by atoms with Gasteiger partial charge in [0.05, 0.1) is 5.57 Å². The van der Waals surface area contributed by atoms with Gasteiger partial charge in [-0.1, -0.05) is 24.6 Å². The number of amides is 1. The summed E-state index contributed by atoms with van der Waals surface area (Å²) in [6, 6.07) is 6.96. The highest BCUT2D eigenvalue weighted by Crippen LogP contribution is 2.41. The minimum Gasteiger partial charge on any atom is -0.450 e. The van der Waals surface area contributed by atoms with Crippen LogP contribution in [0.5, 0.6) is 0 Å². The van der Waals surface area contributed by atoms with E-state index in [4.69, 9.17) is 16.3 Å². The summed E-state index contributed by atoms with van der Waals surface area (Å²) < 4.78 is 5.66. The standard InChI is InChI=1S/C18H21ClN2O3/c1-3-21-9-7-18(8-10-21)15(12(2)17(23)24-18)16(22)20-14-6-4-5-13(19)11-14/h4-6,11H,3,7-10H2,1-2H3,(H,20,22). The molecule has 0 aromatic heterocycles. The van der Waals surface area contributed by atoms with Crippen molar-refractivity contribution in [3.05, 3.63) is 40.4 Å². The van der Waals surface area contributed by atoms with Gasteiger partial charge < -0.3 is 15.0 Å². The molecule has 2 aliphatic rings. The van der Waals surface area contributed by atoms with Crippen molar-refractivity contribution in [2.24, 2.45) is 0 Å². The van der Waals surface area contributed by atoms with Gasteiger partial charge in [0.2, 0.25) is 0 Å². The number of hydrogen-bond acceptors (Lipinski definition) is 4. The fourth-order valence-corrected chi connectivity index (χ4v) is 3.66. The number of piperidine rings is 1. The van der Waals surface area contributed by atoms with E-state index in [0.717, 1.165) is 19.6 Å². The van der Waals surface area contributed by atoms with Crippen LogP contribution >= 0.6 is 11.6 Å². The molecule has 24 heavy (non-hydrogen) atoms. The molecule has 0 saturated carbocycles. The zero-order valence-corrected chi connectivity index (χ0v) is 14.7. The predicted octanol–water partition coefficient (Wildman–Crippen LogP) is 3.01. The van der Waals surface area contributed by atoms with E-state index in [-0.39, 0.29) is 5.91 Å². The maximum atomic E-state index is 12.8. The number of ether oxygens (including phenoxy) is 1. The van der Waals surface area contributed by atoms with E-state index in [1.165, 1.54) is 0 Å². The van der Waals surface area contributed by atoms with Gasteiger partial charge in [0, 0.05) is 42.2 Å². The summed E-state index contributed by atoms with van der Waals surface area (Å²) in [6.07, 6.45) is 1.28. The first kappa shape index (κ1) is 17.0. The quantitative estimate of drug-likeness (QED) is 0.853. The number of likely N-dealkylation sites (tertiary alicyclic amines) is 1. The maximum Gasteiger partial charge on any atom is 0.335 e. The van der Waals surface area contributed by atoms with Gasteiger partial charge in [0.25, 0.3) is 5.91 Å². The highest BCUT2D eigenvalue weighted by atomic mass is 35.5. The van der Waals surface area contributed by atoms with Crippen molar-refractivity contribution in [2.75, 3.05) is 25.0 Å². The summed E-state index contributed by atoms with van der Waals surface area (Å²) in [5.74, 6) is -0.679. The number of carbonyl (C=O) groups excluding carboxylic acids is 2. The van der Waals surface area contributed by atoms with E-state index in [1.54, 1.807) is 31.2 Å². The molecule has 1 spiro atoms. The number of nitrogens with one attached hydrogen (secondary N) is 1. The van der Waals surface area contributed by atoms with E-state index < -0.39 is 11.6 Å². The summed E-state index contributed by atoms with van der Waals surface area (Å²) in [4.78, 5) is 27.3. The summed E-state index contributed by atoms with van der Waals surface area (Å²) in [5.41, 5.74) is 0.672. The van der Waals surface area contributed by atoms with E-state index in [0.29, 0.717) is 34.7 Å². The molecule has 2 heterocycles. The molecule has 1 saturated heterocycles. The molecule has 1 aromatic rings. The zero-order chi connectivity index (χ0) is 17.3. The molecule has 1 aromatic carbocycles. The van der Waals surface area contributed by atoms with Crippen molar-refractivity contribution >= 4 is 29.2 Å². The Balaban J connectivity index is 1.85. The molecule has 128 valence electrons. The first-order valence-corrected chi connectivity index (χ1v) is 8.57. The minimum absolute atomic E-state index is 0.287. The largest absolute Gasteiger partial charge is 0.450 e. The van der Waals surface area contributed by atoms with Crippen LogP contribution in [-0.2, 0) is 14.3 Å². The van der Waals surface area contributed by atoms with Crippen LogP contribution in [0.2, 0.25) is 5.02 Å². The van der Waals surface area contributed by atoms with Crippen LogP contribution in [0, 0.1) is 0 Å². The number of rotatable bonds is 3. The average molecular weight is 349 g/mol. The van der Waals surface area contributed by atoms with Gasteiger partial charge in [0.1, 0.15) is 5.60 Å². The Morgan fingerprint density at radius 2 is 2.08 bits per heavy atom. The van der Waals surface area contributed by atoms with Crippen LogP contribution in [0.15, 0.2) is 35.4 Å². The summed E-state index contributed by atoms with van der Waals surface area (Å²) >= 11 is 5.97. The van der Waals surface area contributed by atoms with E-state index >= 15 is 0 Å². The number of carbonyl (C=O) groups is 2. The Labute approximate surface area is 146 Å². The van der Waals surface area contributed by atoms with Crippen molar-refractivity contribution in [1.82, 2.24) is 4.90 Å². The molecule has 6 heteroatoms. The Morgan fingerprint density at radius 3 is 2.71 bits per heavy atom. The van der Waals surface area contributed by atoms with E-state index in [9.17, 15) is 9.59 Å². The molecular weight excluding hydrogens is 328 g/mol. The van der Waals surface area contributed by atoms with Crippen LogP contribution in [-0.4, -0.2) is 42.0 Å². The average Bonchev–Trinajstić information content (AvgIpc) is 2.79. The highest BCUT2D eigenvalue weighted by molar-refractivity contribution is 6.31. The van der Waals surface area contributed by atoms with Crippen molar-refractivity contribution in [3.63, 3.8) is 0 Å². The number of nitrogens with zero attached hydrogens (tertiary/aromatic N) is 1. The lowest BCUT2D eigenvalue weighted by molar-refractivity contribution is -0.150. The molecule has 0 aliphatic carbocycles. The number of hydrogen-bond donors (Lipinski definition) is 1. The van der Waals surface area contributed by atoms with Gasteiger partial charge in [-0.25, -0.2) is 4.79 Å². The van der Waals surface area contributed by atoms with Crippen LogP contribution in [0.1, 0.15) is 26.7 Å². The molecule has 0 radical (unpaired) electrons.